The second-order valence-corrected chi connectivity index (χ2v) is 9.32. The third kappa shape index (κ3) is 5.05. The molecule has 172 valence electrons. The molecule has 4 aromatic carbocycles. The monoisotopic (exact) mass is 479 g/mol. The van der Waals surface area contributed by atoms with E-state index in [0.717, 1.165) is 11.1 Å². The Kier molecular flexibility index (Phi) is 6.24. The van der Waals surface area contributed by atoms with Crippen LogP contribution < -0.4 is 9.46 Å². The molecule has 1 N–H and O–H groups in total. The maximum Gasteiger partial charge on any atom is 0.264 e. The van der Waals surface area contributed by atoms with Crippen LogP contribution in [0.1, 0.15) is 0 Å². The van der Waals surface area contributed by atoms with Crippen LogP contribution in [0.3, 0.4) is 0 Å². The number of para-hydroxylation sites is 1. The van der Waals surface area contributed by atoms with Crippen molar-refractivity contribution >= 4 is 16.0 Å². The summed E-state index contributed by atoms with van der Waals surface area (Å²) in [5, 5.41) is 0. The molecular weight excluding hydrogens is 458 g/mol. The third-order valence-corrected chi connectivity index (χ3v) is 6.57. The normalized spacial score (nSPS) is 11.1. The highest BCUT2D eigenvalue weighted by Crippen LogP contribution is 2.39. The van der Waals surface area contributed by atoms with Crippen LogP contribution in [0.15, 0.2) is 126 Å². The molecule has 0 aliphatic carbocycles. The van der Waals surface area contributed by atoms with E-state index in [-0.39, 0.29) is 16.7 Å². The van der Waals surface area contributed by atoms with Crippen molar-refractivity contribution in [2.24, 2.45) is 0 Å². The molecular formula is C28H21N3O3S. The quantitative estimate of drug-likeness (QED) is 0.292. The Morgan fingerprint density at radius 1 is 0.600 bits per heavy atom. The molecule has 0 fully saturated rings. The summed E-state index contributed by atoms with van der Waals surface area (Å²) in [6.45, 7) is 0. The van der Waals surface area contributed by atoms with E-state index in [9.17, 15) is 8.42 Å². The molecule has 6 nitrogen and oxygen atoms in total. The van der Waals surface area contributed by atoms with Gasteiger partial charge in [-0.2, -0.15) is 4.98 Å². The molecule has 5 aromatic rings. The number of nitrogens with one attached hydrogen (secondary N) is 1. The Hall–Kier alpha value is -4.49. The number of aromatic nitrogens is 2. The molecule has 7 heteroatoms. The lowest BCUT2D eigenvalue weighted by atomic mass is 10.00. The summed E-state index contributed by atoms with van der Waals surface area (Å²) in [6, 6.07) is 36.5. The molecule has 0 radical (unpaired) electrons. The molecule has 0 unspecified atom stereocenters. The van der Waals surface area contributed by atoms with Gasteiger partial charge in [-0.15, -0.1) is 0 Å². The maximum atomic E-state index is 13.0. The number of hydrogen-bond donors (Lipinski definition) is 1. The highest BCUT2D eigenvalue weighted by Gasteiger charge is 2.22. The van der Waals surface area contributed by atoms with Gasteiger partial charge in [-0.3, -0.25) is 0 Å². The molecule has 0 bridgehead atoms. The molecule has 1 heterocycles. The Labute approximate surface area is 204 Å². The molecule has 0 atom stereocenters. The van der Waals surface area contributed by atoms with Gasteiger partial charge >= 0.3 is 0 Å². The SMILES string of the molecule is O=S(=O)(Nc1nc(Oc2ccccc2)c(-c2ccccc2)c(-c2ccccc2)n1)c1ccccc1. The zero-order valence-corrected chi connectivity index (χ0v) is 19.4. The second kappa shape index (κ2) is 9.79. The van der Waals surface area contributed by atoms with Crippen molar-refractivity contribution in [1.82, 2.24) is 9.97 Å². The zero-order valence-electron chi connectivity index (χ0n) is 18.6. The lowest BCUT2D eigenvalue weighted by molar-refractivity contribution is 0.465. The summed E-state index contributed by atoms with van der Waals surface area (Å²) in [4.78, 5) is 9.28. The number of anilines is 1. The van der Waals surface area contributed by atoms with Crippen LogP contribution in [0, 0.1) is 0 Å². The fraction of sp³-hybridized carbons (Fsp3) is 0. The zero-order chi connectivity index (χ0) is 24.1. The lowest BCUT2D eigenvalue weighted by Crippen LogP contribution is -2.16. The van der Waals surface area contributed by atoms with Crippen LogP contribution in [0.25, 0.3) is 22.4 Å². The Balaban J connectivity index is 1.71. The van der Waals surface area contributed by atoms with Gasteiger partial charge in [0.25, 0.3) is 10.0 Å². The number of nitrogens with zero attached hydrogens (tertiary/aromatic N) is 2. The van der Waals surface area contributed by atoms with Crippen molar-refractivity contribution < 1.29 is 13.2 Å². The van der Waals surface area contributed by atoms with Crippen molar-refractivity contribution in [3.05, 3.63) is 121 Å². The number of ether oxygens (including phenoxy) is 1. The number of sulfonamides is 1. The van der Waals surface area contributed by atoms with Gasteiger partial charge in [0.05, 0.1) is 16.2 Å². The fourth-order valence-corrected chi connectivity index (χ4v) is 4.57. The number of benzene rings is 4. The predicted octanol–water partition coefficient (Wildman–Crippen LogP) is 6.40. The highest BCUT2D eigenvalue weighted by molar-refractivity contribution is 7.92. The summed E-state index contributed by atoms with van der Waals surface area (Å²) in [6.07, 6.45) is 0. The summed E-state index contributed by atoms with van der Waals surface area (Å²) >= 11 is 0. The van der Waals surface area contributed by atoms with E-state index in [1.807, 2.05) is 91.0 Å². The van der Waals surface area contributed by atoms with Crippen LogP contribution in [0.5, 0.6) is 11.6 Å². The Morgan fingerprint density at radius 3 is 1.71 bits per heavy atom. The van der Waals surface area contributed by atoms with Crippen LogP contribution in [0.4, 0.5) is 5.95 Å². The summed E-state index contributed by atoms with van der Waals surface area (Å²) in [5.41, 5.74) is 2.84. The maximum absolute atomic E-state index is 13.0. The Morgan fingerprint density at radius 2 is 1.11 bits per heavy atom. The van der Waals surface area contributed by atoms with Gasteiger partial charge in [0, 0.05) is 5.56 Å². The standard InChI is InChI=1S/C28H21N3O3S/c32-35(33,24-19-11-4-12-20-24)31-28-29-26(22-15-7-2-8-16-22)25(21-13-5-1-6-14-21)27(30-28)34-23-17-9-3-10-18-23/h1-20H,(H,29,30,31). The first-order valence-electron chi connectivity index (χ1n) is 10.9. The van der Waals surface area contributed by atoms with Gasteiger partial charge in [-0.25, -0.2) is 18.1 Å². The first kappa shape index (κ1) is 22.3. The van der Waals surface area contributed by atoms with E-state index in [1.165, 1.54) is 12.1 Å². The van der Waals surface area contributed by atoms with Gasteiger partial charge in [-0.1, -0.05) is 97.1 Å². The lowest BCUT2D eigenvalue weighted by Gasteiger charge is -2.17. The van der Waals surface area contributed by atoms with Gasteiger partial charge in [0.15, 0.2) is 0 Å². The summed E-state index contributed by atoms with van der Waals surface area (Å²) < 4.78 is 34.8. The van der Waals surface area contributed by atoms with E-state index >= 15 is 0 Å². The van der Waals surface area contributed by atoms with E-state index in [2.05, 4.69) is 14.7 Å². The molecule has 0 amide bonds. The molecule has 1 aromatic heterocycles. The highest BCUT2D eigenvalue weighted by atomic mass is 32.2. The number of rotatable bonds is 7. The van der Waals surface area contributed by atoms with Gasteiger partial charge < -0.3 is 4.74 Å². The number of hydrogen-bond acceptors (Lipinski definition) is 5. The van der Waals surface area contributed by atoms with Crippen molar-refractivity contribution in [2.45, 2.75) is 4.90 Å². The average molecular weight is 480 g/mol. The predicted molar refractivity (Wildman–Crippen MR) is 137 cm³/mol. The fourth-order valence-electron chi connectivity index (χ4n) is 3.61. The van der Waals surface area contributed by atoms with Crippen LogP contribution in [0.2, 0.25) is 0 Å². The smallest absolute Gasteiger partial charge is 0.264 e. The van der Waals surface area contributed by atoms with Crippen LogP contribution in [-0.4, -0.2) is 18.4 Å². The summed E-state index contributed by atoms with van der Waals surface area (Å²) in [7, 11) is -3.91. The van der Waals surface area contributed by atoms with Crippen LogP contribution in [-0.2, 0) is 10.0 Å². The molecule has 35 heavy (non-hydrogen) atoms. The summed E-state index contributed by atoms with van der Waals surface area (Å²) in [5.74, 6) is 0.722. The minimum atomic E-state index is -3.91. The first-order valence-corrected chi connectivity index (χ1v) is 12.4. The molecule has 5 rings (SSSR count). The van der Waals surface area contributed by atoms with Gasteiger partial charge in [0.2, 0.25) is 11.8 Å². The minimum absolute atomic E-state index is 0.0849. The van der Waals surface area contributed by atoms with E-state index in [0.29, 0.717) is 17.0 Å². The van der Waals surface area contributed by atoms with E-state index in [1.54, 1.807) is 18.2 Å². The average Bonchev–Trinajstić information content (AvgIpc) is 2.90. The van der Waals surface area contributed by atoms with Crippen LogP contribution >= 0.6 is 0 Å². The molecule has 0 saturated carbocycles. The Bertz CT molecular complexity index is 1530. The molecule has 0 spiro atoms. The van der Waals surface area contributed by atoms with E-state index in [4.69, 9.17) is 4.74 Å². The van der Waals surface area contributed by atoms with Crippen molar-refractivity contribution in [2.75, 3.05) is 4.72 Å². The first-order chi connectivity index (χ1) is 17.1. The van der Waals surface area contributed by atoms with Crippen molar-refractivity contribution in [1.29, 1.82) is 0 Å². The topological polar surface area (TPSA) is 81.2 Å². The molecule has 0 saturated heterocycles. The van der Waals surface area contributed by atoms with Crippen molar-refractivity contribution in [3.63, 3.8) is 0 Å². The van der Waals surface area contributed by atoms with E-state index < -0.39 is 10.0 Å². The second-order valence-electron chi connectivity index (χ2n) is 7.64. The van der Waals surface area contributed by atoms with Gasteiger partial charge in [-0.05, 0) is 29.8 Å². The van der Waals surface area contributed by atoms with Gasteiger partial charge in [0.1, 0.15) is 5.75 Å². The minimum Gasteiger partial charge on any atom is -0.438 e. The molecule has 0 aliphatic rings. The largest absolute Gasteiger partial charge is 0.438 e. The van der Waals surface area contributed by atoms with Crippen molar-refractivity contribution in [3.8, 4) is 34.0 Å². The third-order valence-electron chi connectivity index (χ3n) is 5.22. The molecule has 0 aliphatic heterocycles.